The molecule has 0 N–H and O–H groups in total. The number of nitrogens with zero attached hydrogens (tertiary/aromatic N) is 3. The molecule has 0 unspecified atom stereocenters. The summed E-state index contributed by atoms with van der Waals surface area (Å²) in [5.41, 5.74) is 0. The number of piperidine rings is 1. The molecule has 196 valence electrons. The first-order valence-electron chi connectivity index (χ1n) is 11.4. The Morgan fingerprint density at radius 1 is 0.406 bits per heavy atom. The summed E-state index contributed by atoms with van der Waals surface area (Å²) < 4.78 is 0. The average molecular weight is 462 g/mol. The lowest BCUT2D eigenvalue weighted by Crippen LogP contribution is -2.32. The molecule has 0 aliphatic carbocycles. The van der Waals surface area contributed by atoms with Gasteiger partial charge in [0.1, 0.15) is 17.3 Å². The Kier molecular flexibility index (Phi) is 38.5. The van der Waals surface area contributed by atoms with Crippen LogP contribution in [0.2, 0.25) is 0 Å². The molecular formula is C26H59N3O3. The molecule has 0 aromatic carbocycles. The summed E-state index contributed by atoms with van der Waals surface area (Å²) in [4.78, 5) is 35.4. The number of carbonyl (C=O) groups is 3. The Morgan fingerprint density at radius 2 is 0.562 bits per heavy atom. The van der Waals surface area contributed by atoms with Crippen LogP contribution in [0.25, 0.3) is 0 Å². The van der Waals surface area contributed by atoms with Crippen molar-refractivity contribution in [2.45, 2.75) is 94.9 Å². The summed E-state index contributed by atoms with van der Waals surface area (Å²) in [7, 11) is 6.51. The first kappa shape index (κ1) is 41.2. The number of hydrogen-bond donors (Lipinski definition) is 0. The zero-order valence-electron chi connectivity index (χ0n) is 21.6. The van der Waals surface area contributed by atoms with Crippen molar-refractivity contribution in [1.29, 1.82) is 0 Å². The SMILES string of the molecule is C.C.CC(C)=O.CC(C)=O.CC(C)=O.CN1CCC1.CN1CCCC1.CN1CCCCC1. The zero-order valence-corrected chi connectivity index (χ0v) is 21.6. The highest BCUT2D eigenvalue weighted by molar-refractivity contribution is 5.72. The number of carbonyl (C=O) groups excluding carboxylic acids is 3. The molecule has 3 heterocycles. The maximum atomic E-state index is 9.44. The van der Waals surface area contributed by atoms with Crippen molar-refractivity contribution in [3.05, 3.63) is 0 Å². The maximum Gasteiger partial charge on any atom is 0.126 e. The van der Waals surface area contributed by atoms with Crippen molar-refractivity contribution in [3.8, 4) is 0 Å². The quantitative estimate of drug-likeness (QED) is 0.494. The number of Topliss-reactive ketones (excluding diaryl/α,β-unsaturated/α-hetero) is 3. The standard InChI is InChI=1S/C6H13N.C5H11N.C4H9N.3C3H6O.2CH4/c1-7-5-3-2-4-6-7;1-6-4-2-3-5-6;1-5-3-2-4-5;3*1-3(2)4;;/h2-6H2,1H3;2-5H2,1H3;2-4H2,1H3;3*1-2H3;2*1H4. The summed E-state index contributed by atoms with van der Waals surface area (Å²) >= 11 is 0. The fraction of sp³-hybridized carbons (Fsp3) is 0.885. The first-order valence-corrected chi connectivity index (χ1v) is 11.4. The van der Waals surface area contributed by atoms with Crippen molar-refractivity contribution >= 4 is 17.3 Å². The van der Waals surface area contributed by atoms with E-state index in [1.54, 1.807) is 0 Å². The van der Waals surface area contributed by atoms with Crippen molar-refractivity contribution in [2.24, 2.45) is 0 Å². The summed E-state index contributed by atoms with van der Waals surface area (Å²) in [6, 6.07) is 0. The molecule has 32 heavy (non-hydrogen) atoms. The number of rotatable bonds is 0. The molecule has 3 aliphatic heterocycles. The van der Waals surface area contributed by atoms with Gasteiger partial charge in [-0.15, -0.1) is 0 Å². The number of hydrogen-bond acceptors (Lipinski definition) is 6. The molecule has 0 amide bonds. The van der Waals surface area contributed by atoms with Gasteiger partial charge < -0.3 is 29.1 Å². The Balaban J connectivity index is -0.0000000916. The highest BCUT2D eigenvalue weighted by Crippen LogP contribution is 2.04. The number of ketones is 3. The minimum Gasteiger partial charge on any atom is -0.306 e. The molecular weight excluding hydrogens is 402 g/mol. The molecule has 6 nitrogen and oxygen atoms in total. The van der Waals surface area contributed by atoms with Crippen LogP contribution < -0.4 is 0 Å². The summed E-state index contributed by atoms with van der Waals surface area (Å²) in [5, 5.41) is 0. The molecule has 0 aromatic rings. The molecule has 3 aliphatic rings. The van der Waals surface area contributed by atoms with Crippen molar-refractivity contribution in [2.75, 3.05) is 60.4 Å². The van der Waals surface area contributed by atoms with E-state index >= 15 is 0 Å². The Morgan fingerprint density at radius 3 is 0.625 bits per heavy atom. The normalized spacial score (nSPS) is 16.8. The van der Waals surface area contributed by atoms with Gasteiger partial charge in [0, 0.05) is 0 Å². The first-order chi connectivity index (χ1) is 13.9. The van der Waals surface area contributed by atoms with Crippen LogP contribution >= 0.6 is 0 Å². The van der Waals surface area contributed by atoms with Crippen LogP contribution in [0.1, 0.15) is 94.9 Å². The van der Waals surface area contributed by atoms with Crippen LogP contribution in [0.3, 0.4) is 0 Å². The molecule has 0 spiro atoms. The zero-order chi connectivity index (χ0) is 23.9. The molecule has 0 saturated carbocycles. The van der Waals surface area contributed by atoms with Crippen molar-refractivity contribution < 1.29 is 14.4 Å². The van der Waals surface area contributed by atoms with Crippen LogP contribution in [0.15, 0.2) is 0 Å². The van der Waals surface area contributed by atoms with Gasteiger partial charge in [0.2, 0.25) is 0 Å². The Labute approximate surface area is 202 Å². The van der Waals surface area contributed by atoms with E-state index in [4.69, 9.17) is 0 Å². The molecule has 3 fully saturated rings. The van der Waals surface area contributed by atoms with Gasteiger partial charge in [-0.05, 0) is 134 Å². The Hall–Kier alpha value is -1.11. The van der Waals surface area contributed by atoms with Gasteiger partial charge in [-0.3, -0.25) is 0 Å². The highest BCUT2D eigenvalue weighted by atomic mass is 16.1. The lowest BCUT2D eigenvalue weighted by atomic mass is 10.1. The second-order valence-corrected chi connectivity index (χ2v) is 8.76. The van der Waals surface area contributed by atoms with E-state index in [0.29, 0.717) is 0 Å². The summed E-state index contributed by atoms with van der Waals surface area (Å²) in [5.74, 6) is 0.500. The third-order valence-corrected chi connectivity index (χ3v) is 3.99. The predicted octanol–water partition coefficient (Wildman–Crippen LogP) is 5.19. The van der Waals surface area contributed by atoms with Crippen molar-refractivity contribution in [1.82, 2.24) is 14.7 Å². The van der Waals surface area contributed by atoms with Gasteiger partial charge in [0.25, 0.3) is 0 Å². The largest absolute Gasteiger partial charge is 0.306 e. The van der Waals surface area contributed by atoms with E-state index in [1.807, 2.05) is 0 Å². The molecule has 0 atom stereocenters. The molecule has 0 aromatic heterocycles. The summed E-state index contributed by atoms with van der Waals surface area (Å²) in [6.45, 7) is 17.1. The number of likely N-dealkylation sites (tertiary alicyclic amines) is 3. The Bertz CT molecular complexity index is 372. The smallest absolute Gasteiger partial charge is 0.126 e. The minimum absolute atomic E-state index is 0. The van der Waals surface area contributed by atoms with Crippen LogP contribution in [0.4, 0.5) is 0 Å². The lowest BCUT2D eigenvalue weighted by Gasteiger charge is -2.24. The van der Waals surface area contributed by atoms with Gasteiger partial charge in [0.05, 0.1) is 0 Å². The lowest BCUT2D eigenvalue weighted by molar-refractivity contribution is -0.115. The van der Waals surface area contributed by atoms with E-state index in [-0.39, 0.29) is 32.2 Å². The van der Waals surface area contributed by atoms with Gasteiger partial charge in [-0.25, -0.2) is 0 Å². The topological polar surface area (TPSA) is 60.9 Å². The maximum absolute atomic E-state index is 9.44. The summed E-state index contributed by atoms with van der Waals surface area (Å²) in [6.07, 6.45) is 8.51. The van der Waals surface area contributed by atoms with Crippen LogP contribution in [0, 0.1) is 0 Å². The monoisotopic (exact) mass is 461 g/mol. The predicted molar refractivity (Wildman–Crippen MR) is 143 cm³/mol. The second-order valence-electron chi connectivity index (χ2n) is 8.76. The molecule has 0 bridgehead atoms. The van der Waals surface area contributed by atoms with E-state index in [9.17, 15) is 14.4 Å². The molecule has 0 radical (unpaired) electrons. The third kappa shape index (κ3) is 56.8. The van der Waals surface area contributed by atoms with E-state index in [0.717, 1.165) is 0 Å². The molecule has 3 saturated heterocycles. The second kappa shape index (κ2) is 29.9. The molecule has 6 heteroatoms. The van der Waals surface area contributed by atoms with Crippen LogP contribution in [-0.4, -0.2) is 92.5 Å². The van der Waals surface area contributed by atoms with Gasteiger partial charge in [-0.2, -0.15) is 0 Å². The minimum atomic E-state index is 0. The van der Waals surface area contributed by atoms with Gasteiger partial charge in [0.15, 0.2) is 0 Å². The molecule has 3 rings (SSSR count). The van der Waals surface area contributed by atoms with E-state index in [1.165, 1.54) is 119 Å². The highest BCUT2D eigenvalue weighted by Gasteiger charge is 2.05. The van der Waals surface area contributed by atoms with Crippen molar-refractivity contribution in [3.63, 3.8) is 0 Å². The fourth-order valence-electron chi connectivity index (χ4n) is 2.40. The third-order valence-electron chi connectivity index (χ3n) is 3.99. The van der Waals surface area contributed by atoms with Crippen LogP contribution in [-0.2, 0) is 14.4 Å². The van der Waals surface area contributed by atoms with E-state index in [2.05, 4.69) is 35.8 Å². The fourth-order valence-corrected chi connectivity index (χ4v) is 2.40. The van der Waals surface area contributed by atoms with E-state index < -0.39 is 0 Å². The van der Waals surface area contributed by atoms with Gasteiger partial charge >= 0.3 is 0 Å². The van der Waals surface area contributed by atoms with Gasteiger partial charge in [-0.1, -0.05) is 21.3 Å². The average Bonchev–Trinajstić information content (AvgIpc) is 3.04. The van der Waals surface area contributed by atoms with Crippen LogP contribution in [0.5, 0.6) is 0 Å².